The number of aryl methyl sites for hydroxylation is 2. The molecular formula is C22H30N2O4S. The van der Waals surface area contributed by atoms with Crippen molar-refractivity contribution in [2.75, 3.05) is 26.2 Å². The van der Waals surface area contributed by atoms with E-state index in [4.69, 9.17) is 4.74 Å². The molecule has 6 nitrogen and oxygen atoms in total. The maximum absolute atomic E-state index is 12.5. The number of nitrogens with zero attached hydrogens (tertiary/aromatic N) is 1. The molecule has 0 saturated carbocycles. The number of nitrogens with one attached hydrogen (secondary N) is 1. The fourth-order valence-corrected chi connectivity index (χ4v) is 4.56. The molecule has 158 valence electrons. The van der Waals surface area contributed by atoms with Crippen LogP contribution in [0.2, 0.25) is 0 Å². The molecule has 0 radical (unpaired) electrons. The Bertz CT molecular complexity index is 900. The van der Waals surface area contributed by atoms with Crippen molar-refractivity contribution in [2.45, 2.75) is 39.0 Å². The zero-order chi connectivity index (χ0) is 21.4. The van der Waals surface area contributed by atoms with Crippen molar-refractivity contribution in [3.05, 3.63) is 59.2 Å². The van der Waals surface area contributed by atoms with Gasteiger partial charge in [0.25, 0.3) is 5.91 Å². The number of carbonyl (C=O) groups excluding carboxylic acids is 1. The van der Waals surface area contributed by atoms with Gasteiger partial charge in [-0.2, -0.15) is 4.31 Å². The number of rotatable bonds is 10. The van der Waals surface area contributed by atoms with E-state index in [2.05, 4.69) is 5.32 Å². The zero-order valence-corrected chi connectivity index (χ0v) is 18.4. The highest BCUT2D eigenvalue weighted by Crippen LogP contribution is 2.22. The fourth-order valence-electron chi connectivity index (χ4n) is 3.10. The number of hydrogen-bond acceptors (Lipinski definition) is 4. The van der Waals surface area contributed by atoms with Gasteiger partial charge in [0, 0.05) is 19.6 Å². The number of para-hydroxylation sites is 1. The van der Waals surface area contributed by atoms with Crippen LogP contribution in [0.3, 0.4) is 0 Å². The molecule has 7 heteroatoms. The van der Waals surface area contributed by atoms with Crippen LogP contribution in [0.25, 0.3) is 0 Å². The van der Waals surface area contributed by atoms with Gasteiger partial charge in [-0.1, -0.05) is 44.2 Å². The van der Waals surface area contributed by atoms with E-state index in [-0.39, 0.29) is 17.4 Å². The molecule has 2 rings (SSSR count). The molecule has 0 aliphatic rings. The fraction of sp³-hybridized carbons (Fsp3) is 0.409. The summed E-state index contributed by atoms with van der Waals surface area (Å²) in [5, 5.41) is 2.83. The largest absolute Gasteiger partial charge is 0.483 e. The predicted molar refractivity (Wildman–Crippen MR) is 115 cm³/mol. The van der Waals surface area contributed by atoms with Crippen LogP contribution in [0, 0.1) is 13.8 Å². The lowest BCUT2D eigenvalue weighted by Gasteiger charge is -2.18. The third-order valence-corrected chi connectivity index (χ3v) is 6.82. The smallest absolute Gasteiger partial charge is 0.257 e. The number of amides is 1. The highest BCUT2D eigenvalue weighted by atomic mass is 32.2. The average Bonchev–Trinajstić information content (AvgIpc) is 2.69. The summed E-state index contributed by atoms with van der Waals surface area (Å²) < 4.78 is 32.1. The molecule has 0 unspecified atom stereocenters. The lowest BCUT2D eigenvalue weighted by atomic mass is 10.1. The summed E-state index contributed by atoms with van der Waals surface area (Å²) in [7, 11) is -3.45. The molecule has 0 aliphatic carbocycles. The quantitative estimate of drug-likeness (QED) is 0.643. The Balaban J connectivity index is 1.84. The van der Waals surface area contributed by atoms with Crippen molar-refractivity contribution < 1.29 is 17.9 Å². The van der Waals surface area contributed by atoms with E-state index >= 15 is 0 Å². The minimum atomic E-state index is -3.45. The molecule has 0 heterocycles. The second-order valence-corrected chi connectivity index (χ2v) is 8.78. The highest BCUT2D eigenvalue weighted by Gasteiger charge is 2.21. The third-order valence-electron chi connectivity index (χ3n) is 4.76. The van der Waals surface area contributed by atoms with Gasteiger partial charge in [0.05, 0.1) is 4.90 Å². The van der Waals surface area contributed by atoms with Crippen molar-refractivity contribution in [3.8, 4) is 5.75 Å². The van der Waals surface area contributed by atoms with Gasteiger partial charge in [0.2, 0.25) is 10.0 Å². The SMILES string of the molecule is CCN(CC)S(=O)(=O)c1ccc(CCNC(=O)COc2c(C)cccc2C)cc1. The molecular weight excluding hydrogens is 388 g/mol. The number of sulfonamides is 1. The molecule has 1 N–H and O–H groups in total. The number of carbonyl (C=O) groups is 1. The van der Waals surface area contributed by atoms with Gasteiger partial charge >= 0.3 is 0 Å². The summed E-state index contributed by atoms with van der Waals surface area (Å²) in [6.45, 7) is 8.84. The zero-order valence-electron chi connectivity index (χ0n) is 17.6. The van der Waals surface area contributed by atoms with Crippen LogP contribution in [-0.2, 0) is 21.2 Å². The second-order valence-electron chi connectivity index (χ2n) is 6.84. The van der Waals surface area contributed by atoms with Crippen LogP contribution < -0.4 is 10.1 Å². The molecule has 0 aliphatic heterocycles. The number of benzene rings is 2. The van der Waals surface area contributed by atoms with Crippen molar-refractivity contribution in [3.63, 3.8) is 0 Å². The van der Waals surface area contributed by atoms with Gasteiger partial charge in [-0.3, -0.25) is 4.79 Å². The minimum Gasteiger partial charge on any atom is -0.483 e. The monoisotopic (exact) mass is 418 g/mol. The molecule has 2 aromatic rings. The van der Waals surface area contributed by atoms with E-state index in [1.54, 1.807) is 24.3 Å². The molecule has 0 atom stereocenters. The Morgan fingerprint density at radius 3 is 2.14 bits per heavy atom. The topological polar surface area (TPSA) is 75.7 Å². The van der Waals surface area contributed by atoms with Crippen LogP contribution in [0.15, 0.2) is 47.4 Å². The minimum absolute atomic E-state index is 0.0350. The Hall–Kier alpha value is -2.38. The van der Waals surface area contributed by atoms with Crippen LogP contribution in [-0.4, -0.2) is 44.9 Å². The second kappa shape index (κ2) is 10.4. The standard InChI is InChI=1S/C22H30N2O4S/c1-5-24(6-2)29(26,27)20-12-10-19(11-13-20)14-15-23-21(25)16-28-22-17(3)8-7-9-18(22)4/h7-13H,5-6,14-16H2,1-4H3,(H,23,25). The molecule has 2 aromatic carbocycles. The molecule has 29 heavy (non-hydrogen) atoms. The van der Waals surface area contributed by atoms with E-state index in [0.29, 0.717) is 26.1 Å². The van der Waals surface area contributed by atoms with Gasteiger partial charge in [-0.25, -0.2) is 8.42 Å². The van der Waals surface area contributed by atoms with E-state index in [0.717, 1.165) is 22.4 Å². The van der Waals surface area contributed by atoms with E-state index < -0.39 is 10.0 Å². The number of ether oxygens (including phenoxy) is 1. The molecule has 0 fully saturated rings. The van der Waals surface area contributed by atoms with Crippen LogP contribution in [0.1, 0.15) is 30.5 Å². The first-order valence-corrected chi connectivity index (χ1v) is 11.3. The Labute approximate surface area is 173 Å². The van der Waals surface area contributed by atoms with Crippen LogP contribution in [0.5, 0.6) is 5.75 Å². The normalized spacial score (nSPS) is 11.5. The molecule has 0 bridgehead atoms. The maximum atomic E-state index is 12.5. The van der Waals surface area contributed by atoms with E-state index in [1.807, 2.05) is 45.9 Å². The summed E-state index contributed by atoms with van der Waals surface area (Å²) in [6.07, 6.45) is 0.612. The Morgan fingerprint density at radius 1 is 1.00 bits per heavy atom. The van der Waals surface area contributed by atoms with Crippen molar-refractivity contribution in [1.82, 2.24) is 9.62 Å². The lowest BCUT2D eigenvalue weighted by Crippen LogP contribution is -2.31. The first kappa shape index (κ1) is 22.9. The first-order valence-electron chi connectivity index (χ1n) is 9.84. The van der Waals surface area contributed by atoms with Gasteiger partial charge in [0.1, 0.15) is 5.75 Å². The third kappa shape index (κ3) is 6.05. The molecule has 0 saturated heterocycles. The van der Waals surface area contributed by atoms with E-state index in [1.165, 1.54) is 4.31 Å². The van der Waals surface area contributed by atoms with Crippen molar-refractivity contribution in [1.29, 1.82) is 0 Å². The Morgan fingerprint density at radius 2 is 1.59 bits per heavy atom. The lowest BCUT2D eigenvalue weighted by molar-refractivity contribution is -0.123. The maximum Gasteiger partial charge on any atom is 0.257 e. The molecule has 1 amide bonds. The summed E-state index contributed by atoms with van der Waals surface area (Å²) in [5.74, 6) is 0.557. The number of hydrogen-bond donors (Lipinski definition) is 1. The first-order chi connectivity index (χ1) is 13.8. The summed E-state index contributed by atoms with van der Waals surface area (Å²) in [6, 6.07) is 12.7. The van der Waals surface area contributed by atoms with Gasteiger partial charge in [-0.05, 0) is 49.1 Å². The van der Waals surface area contributed by atoms with Crippen LogP contribution >= 0.6 is 0 Å². The van der Waals surface area contributed by atoms with Crippen molar-refractivity contribution >= 4 is 15.9 Å². The Kier molecular flexibility index (Phi) is 8.22. The summed E-state index contributed by atoms with van der Waals surface area (Å²) >= 11 is 0. The summed E-state index contributed by atoms with van der Waals surface area (Å²) in [5.41, 5.74) is 2.95. The van der Waals surface area contributed by atoms with Gasteiger partial charge in [0.15, 0.2) is 6.61 Å². The molecule has 0 spiro atoms. The average molecular weight is 419 g/mol. The molecule has 0 aromatic heterocycles. The van der Waals surface area contributed by atoms with Gasteiger partial charge in [-0.15, -0.1) is 0 Å². The van der Waals surface area contributed by atoms with Crippen molar-refractivity contribution in [2.24, 2.45) is 0 Å². The van der Waals surface area contributed by atoms with Crippen LogP contribution in [0.4, 0.5) is 0 Å². The highest BCUT2D eigenvalue weighted by molar-refractivity contribution is 7.89. The van der Waals surface area contributed by atoms with E-state index in [9.17, 15) is 13.2 Å². The summed E-state index contributed by atoms with van der Waals surface area (Å²) in [4.78, 5) is 12.3. The van der Waals surface area contributed by atoms with Gasteiger partial charge < -0.3 is 10.1 Å². The predicted octanol–water partition coefficient (Wildman–Crippen LogP) is 3.07.